The molecule has 0 bridgehead atoms. The summed E-state index contributed by atoms with van der Waals surface area (Å²) in [6.07, 6.45) is 1.28. The highest BCUT2D eigenvalue weighted by molar-refractivity contribution is 5.85. The molecule has 0 aliphatic rings. The normalized spacial score (nSPS) is 11.4. The average molecular weight is 226 g/mol. The number of likely N-dealkylation sites (N-methyl/N-ethyl adjacent to an activating group) is 1. The lowest BCUT2D eigenvalue weighted by molar-refractivity contribution is -0.148. The summed E-state index contributed by atoms with van der Waals surface area (Å²) >= 11 is 0. The Hall–Kier alpha value is -1.57. The first-order chi connectivity index (χ1) is 7.56. The van der Waals surface area contributed by atoms with Gasteiger partial charge in [-0.05, 0) is 13.3 Å². The molecule has 0 aliphatic carbocycles. The van der Waals surface area contributed by atoms with Gasteiger partial charge in [-0.3, -0.25) is 9.59 Å². The van der Waals surface area contributed by atoms with Crippen LogP contribution in [-0.4, -0.2) is 37.0 Å². The molecule has 0 fully saturated rings. The molecule has 0 radical (unpaired) electrons. The number of amides is 1. The van der Waals surface area contributed by atoms with Crippen molar-refractivity contribution in [3.05, 3.63) is 0 Å². The molecule has 5 nitrogen and oxygen atoms in total. The van der Waals surface area contributed by atoms with E-state index in [-0.39, 0.29) is 19.1 Å². The average Bonchev–Trinajstić information content (AvgIpc) is 2.25. The largest absolute Gasteiger partial charge is 0.465 e. The van der Waals surface area contributed by atoms with E-state index >= 15 is 0 Å². The fourth-order valence-corrected chi connectivity index (χ4v) is 1.28. The van der Waals surface area contributed by atoms with E-state index in [0.29, 0.717) is 6.42 Å². The first-order valence-electron chi connectivity index (χ1n) is 5.37. The molecule has 1 amide bonds. The van der Waals surface area contributed by atoms with Crippen molar-refractivity contribution < 1.29 is 14.3 Å². The van der Waals surface area contributed by atoms with Gasteiger partial charge < -0.3 is 9.64 Å². The molecule has 0 aromatic carbocycles. The predicted molar refractivity (Wildman–Crippen MR) is 58.3 cm³/mol. The number of carbonyl (C=O) groups excluding carboxylic acids is 2. The van der Waals surface area contributed by atoms with Crippen molar-refractivity contribution in [2.45, 2.75) is 26.7 Å². The van der Waals surface area contributed by atoms with Crippen LogP contribution in [0.25, 0.3) is 0 Å². The van der Waals surface area contributed by atoms with Gasteiger partial charge in [-0.15, -0.1) is 0 Å². The lowest BCUT2D eigenvalue weighted by Crippen LogP contribution is -2.36. The topological polar surface area (TPSA) is 70.4 Å². The molecular formula is C11H18N2O3. The maximum atomic E-state index is 11.7. The second kappa shape index (κ2) is 7.69. The van der Waals surface area contributed by atoms with Crippen LogP contribution in [0, 0.1) is 17.2 Å². The van der Waals surface area contributed by atoms with Crippen molar-refractivity contribution in [2.24, 2.45) is 5.92 Å². The molecule has 1 atom stereocenters. The number of rotatable bonds is 6. The van der Waals surface area contributed by atoms with Crippen LogP contribution in [0.3, 0.4) is 0 Å². The molecule has 0 spiro atoms. The molecule has 0 rings (SSSR count). The monoisotopic (exact) mass is 226 g/mol. The van der Waals surface area contributed by atoms with Gasteiger partial charge >= 0.3 is 5.97 Å². The summed E-state index contributed by atoms with van der Waals surface area (Å²) in [5, 5.41) is 8.80. The predicted octanol–water partition coefficient (Wildman–Crippen LogP) is 0.948. The fraction of sp³-hybridized carbons (Fsp3) is 0.727. The Labute approximate surface area is 96.0 Å². The highest BCUT2D eigenvalue weighted by atomic mass is 16.5. The fourth-order valence-electron chi connectivity index (χ4n) is 1.28. The van der Waals surface area contributed by atoms with Crippen molar-refractivity contribution >= 4 is 11.9 Å². The van der Waals surface area contributed by atoms with Gasteiger partial charge in [0.2, 0.25) is 5.91 Å². The van der Waals surface area contributed by atoms with E-state index in [1.54, 1.807) is 6.92 Å². The number of hydrogen-bond donors (Lipinski definition) is 0. The van der Waals surface area contributed by atoms with Crippen LogP contribution >= 0.6 is 0 Å². The second-order valence-corrected chi connectivity index (χ2v) is 3.47. The highest BCUT2D eigenvalue weighted by Gasteiger charge is 2.22. The van der Waals surface area contributed by atoms with Crippen LogP contribution in [0.2, 0.25) is 0 Å². The van der Waals surface area contributed by atoms with E-state index in [1.807, 2.05) is 13.0 Å². The summed E-state index contributed by atoms with van der Waals surface area (Å²) in [4.78, 5) is 24.1. The molecule has 0 N–H and O–H groups in total. The molecule has 1 unspecified atom stereocenters. The van der Waals surface area contributed by atoms with Crippen LogP contribution < -0.4 is 0 Å². The summed E-state index contributed by atoms with van der Waals surface area (Å²) in [5.74, 6) is -1.44. The van der Waals surface area contributed by atoms with Crippen molar-refractivity contribution in [3.8, 4) is 6.07 Å². The third-order valence-electron chi connectivity index (χ3n) is 2.08. The maximum Gasteiger partial charge on any atom is 0.325 e. The highest BCUT2D eigenvalue weighted by Crippen LogP contribution is 2.08. The number of nitriles is 1. The van der Waals surface area contributed by atoms with Crippen molar-refractivity contribution in [1.82, 2.24) is 4.90 Å². The Bertz CT molecular complexity index is 283. The maximum absolute atomic E-state index is 11.7. The summed E-state index contributed by atoms with van der Waals surface area (Å²) in [7, 11) is 1.50. The Morgan fingerprint density at radius 1 is 1.44 bits per heavy atom. The van der Waals surface area contributed by atoms with Crippen molar-refractivity contribution in [3.63, 3.8) is 0 Å². The molecule has 0 aromatic heterocycles. The molecule has 0 saturated heterocycles. The minimum Gasteiger partial charge on any atom is -0.465 e. The molecule has 90 valence electrons. The molecule has 0 aromatic rings. The zero-order chi connectivity index (χ0) is 12.6. The van der Waals surface area contributed by atoms with E-state index in [4.69, 9.17) is 10.00 Å². The quantitative estimate of drug-likeness (QED) is 0.632. The lowest BCUT2D eigenvalue weighted by Gasteiger charge is -2.18. The Balaban J connectivity index is 4.26. The van der Waals surface area contributed by atoms with Gasteiger partial charge in [-0.25, -0.2) is 0 Å². The van der Waals surface area contributed by atoms with Gasteiger partial charge in [0.1, 0.15) is 12.5 Å². The second-order valence-electron chi connectivity index (χ2n) is 3.47. The van der Waals surface area contributed by atoms with Gasteiger partial charge in [-0.2, -0.15) is 5.26 Å². The van der Waals surface area contributed by atoms with Crippen molar-refractivity contribution in [1.29, 1.82) is 5.26 Å². The van der Waals surface area contributed by atoms with E-state index in [0.717, 1.165) is 6.42 Å². The van der Waals surface area contributed by atoms with Gasteiger partial charge in [0, 0.05) is 7.05 Å². The SMILES string of the molecule is CCCC(C#N)C(=O)N(C)CC(=O)OCC. The van der Waals surface area contributed by atoms with Crippen LogP contribution in [0.5, 0.6) is 0 Å². The lowest BCUT2D eigenvalue weighted by atomic mass is 10.0. The van der Waals surface area contributed by atoms with E-state index in [1.165, 1.54) is 11.9 Å². The third-order valence-corrected chi connectivity index (χ3v) is 2.08. The summed E-state index contributed by atoms with van der Waals surface area (Å²) in [6, 6.07) is 1.95. The van der Waals surface area contributed by atoms with Gasteiger partial charge in [0.25, 0.3) is 0 Å². The number of ether oxygens (including phenoxy) is 1. The first kappa shape index (κ1) is 14.4. The van der Waals surface area contributed by atoms with Crippen LogP contribution in [0.1, 0.15) is 26.7 Å². The number of hydrogen-bond acceptors (Lipinski definition) is 4. The smallest absolute Gasteiger partial charge is 0.325 e. The first-order valence-corrected chi connectivity index (χ1v) is 5.37. The Kier molecular flexibility index (Phi) is 6.93. The number of esters is 1. The Morgan fingerprint density at radius 3 is 2.50 bits per heavy atom. The molecule has 0 saturated carbocycles. The van der Waals surface area contributed by atoms with E-state index in [9.17, 15) is 9.59 Å². The summed E-state index contributed by atoms with van der Waals surface area (Å²) in [6.45, 7) is 3.80. The standard InChI is InChI=1S/C11H18N2O3/c1-4-6-9(7-12)11(15)13(3)8-10(14)16-5-2/h9H,4-6,8H2,1-3H3. The Morgan fingerprint density at radius 2 is 2.06 bits per heavy atom. The van der Waals surface area contributed by atoms with Gasteiger partial charge in [0.05, 0.1) is 12.7 Å². The van der Waals surface area contributed by atoms with Crippen molar-refractivity contribution in [2.75, 3.05) is 20.2 Å². The molecule has 0 heterocycles. The minimum atomic E-state index is -0.663. The number of carbonyl (C=O) groups is 2. The summed E-state index contributed by atoms with van der Waals surface area (Å²) in [5.41, 5.74) is 0. The number of nitrogens with zero attached hydrogens (tertiary/aromatic N) is 2. The molecular weight excluding hydrogens is 208 g/mol. The van der Waals surface area contributed by atoms with E-state index < -0.39 is 11.9 Å². The van der Waals surface area contributed by atoms with Gasteiger partial charge in [-0.1, -0.05) is 13.3 Å². The molecule has 5 heteroatoms. The zero-order valence-electron chi connectivity index (χ0n) is 10.0. The molecule has 16 heavy (non-hydrogen) atoms. The van der Waals surface area contributed by atoms with Crippen LogP contribution in [-0.2, 0) is 14.3 Å². The minimum absolute atomic E-state index is 0.103. The van der Waals surface area contributed by atoms with Crippen LogP contribution in [0.4, 0.5) is 0 Å². The molecule has 0 aliphatic heterocycles. The van der Waals surface area contributed by atoms with Crippen LogP contribution in [0.15, 0.2) is 0 Å². The van der Waals surface area contributed by atoms with E-state index in [2.05, 4.69) is 0 Å². The zero-order valence-corrected chi connectivity index (χ0v) is 10.0. The summed E-state index contributed by atoms with van der Waals surface area (Å²) < 4.78 is 4.72. The van der Waals surface area contributed by atoms with Gasteiger partial charge in [0.15, 0.2) is 0 Å². The third kappa shape index (κ3) is 4.78.